The molecule has 0 fully saturated rings. The number of anilines is 1. The van der Waals surface area contributed by atoms with Crippen LogP contribution in [0.2, 0.25) is 5.02 Å². The van der Waals surface area contributed by atoms with Crippen LogP contribution >= 0.6 is 11.6 Å². The van der Waals surface area contributed by atoms with Gasteiger partial charge in [-0.05, 0) is 31.2 Å². The van der Waals surface area contributed by atoms with Crippen LogP contribution in [0, 0.1) is 12.7 Å². The molecule has 0 amide bonds. The molecular weight excluding hydrogens is 255 g/mol. The number of pyridine rings is 1. The lowest BCUT2D eigenvalue weighted by molar-refractivity contribution is 0.307. The van der Waals surface area contributed by atoms with E-state index in [0.717, 1.165) is 5.69 Å². The van der Waals surface area contributed by atoms with Gasteiger partial charge in [0.05, 0.1) is 5.02 Å². The van der Waals surface area contributed by atoms with Gasteiger partial charge in [-0.25, -0.2) is 9.37 Å². The molecule has 0 spiro atoms. The highest BCUT2D eigenvalue weighted by atomic mass is 35.5. The maximum atomic E-state index is 12.9. The van der Waals surface area contributed by atoms with Crippen LogP contribution in [0.4, 0.5) is 10.2 Å². The molecule has 0 saturated carbocycles. The third kappa shape index (κ3) is 2.90. The number of hydrogen-bond donors (Lipinski definition) is 1. The smallest absolute Gasteiger partial charge is 0.166 e. The van der Waals surface area contributed by atoms with Crippen molar-refractivity contribution in [3.63, 3.8) is 0 Å². The van der Waals surface area contributed by atoms with Crippen molar-refractivity contribution in [2.24, 2.45) is 0 Å². The SMILES string of the molecule is Cc1ccc(OCc2ccc(F)cc2Cl)c(N)n1. The fourth-order valence-corrected chi connectivity index (χ4v) is 1.70. The van der Waals surface area contributed by atoms with E-state index in [0.29, 0.717) is 22.2 Å². The van der Waals surface area contributed by atoms with E-state index in [4.69, 9.17) is 22.1 Å². The lowest BCUT2D eigenvalue weighted by Gasteiger charge is -2.09. The van der Waals surface area contributed by atoms with Crippen molar-refractivity contribution in [1.82, 2.24) is 4.98 Å². The average Bonchev–Trinajstić information content (AvgIpc) is 2.30. The summed E-state index contributed by atoms with van der Waals surface area (Å²) in [5, 5.41) is 0.327. The van der Waals surface area contributed by atoms with Crippen LogP contribution in [0.25, 0.3) is 0 Å². The molecule has 2 N–H and O–H groups in total. The molecule has 0 radical (unpaired) electrons. The first-order valence-electron chi connectivity index (χ1n) is 5.36. The molecule has 3 nitrogen and oxygen atoms in total. The number of benzene rings is 1. The molecule has 2 rings (SSSR count). The molecule has 1 aromatic carbocycles. The van der Waals surface area contributed by atoms with Gasteiger partial charge >= 0.3 is 0 Å². The summed E-state index contributed by atoms with van der Waals surface area (Å²) in [6.07, 6.45) is 0. The molecule has 2 aromatic rings. The molecule has 1 aromatic heterocycles. The number of nitrogen functional groups attached to an aromatic ring is 1. The van der Waals surface area contributed by atoms with Gasteiger partial charge in [0.2, 0.25) is 0 Å². The zero-order valence-corrected chi connectivity index (χ0v) is 10.5. The van der Waals surface area contributed by atoms with E-state index in [9.17, 15) is 4.39 Å². The van der Waals surface area contributed by atoms with Crippen molar-refractivity contribution in [1.29, 1.82) is 0 Å². The number of nitrogens with zero attached hydrogens (tertiary/aromatic N) is 1. The van der Waals surface area contributed by atoms with E-state index in [1.807, 2.05) is 6.92 Å². The highest BCUT2D eigenvalue weighted by Gasteiger charge is 2.06. The van der Waals surface area contributed by atoms with Gasteiger partial charge in [-0.1, -0.05) is 17.7 Å². The quantitative estimate of drug-likeness (QED) is 0.927. The van der Waals surface area contributed by atoms with Gasteiger partial charge in [0.1, 0.15) is 12.4 Å². The number of aromatic nitrogens is 1. The van der Waals surface area contributed by atoms with Gasteiger partial charge in [-0.2, -0.15) is 0 Å². The van der Waals surface area contributed by atoms with Crippen molar-refractivity contribution in [3.05, 3.63) is 52.4 Å². The summed E-state index contributed by atoms with van der Waals surface area (Å²) >= 11 is 5.89. The van der Waals surface area contributed by atoms with Crippen LogP contribution in [-0.4, -0.2) is 4.98 Å². The van der Waals surface area contributed by atoms with Gasteiger partial charge in [-0.3, -0.25) is 0 Å². The van der Waals surface area contributed by atoms with Crippen LogP contribution < -0.4 is 10.5 Å². The minimum absolute atomic E-state index is 0.216. The number of aryl methyl sites for hydroxylation is 1. The first-order valence-corrected chi connectivity index (χ1v) is 5.74. The molecule has 0 aliphatic carbocycles. The van der Waals surface area contributed by atoms with E-state index in [1.165, 1.54) is 12.1 Å². The van der Waals surface area contributed by atoms with E-state index < -0.39 is 0 Å². The largest absolute Gasteiger partial charge is 0.485 e. The first kappa shape index (κ1) is 12.6. The fourth-order valence-electron chi connectivity index (χ4n) is 1.48. The van der Waals surface area contributed by atoms with Crippen LogP contribution in [-0.2, 0) is 6.61 Å². The number of nitrogens with two attached hydrogens (primary N) is 1. The Labute approximate surface area is 109 Å². The molecule has 18 heavy (non-hydrogen) atoms. The predicted molar refractivity (Wildman–Crippen MR) is 69.1 cm³/mol. The standard InChI is InChI=1S/C13H12ClFN2O/c1-8-2-5-12(13(16)17-8)18-7-9-3-4-10(15)6-11(9)14/h2-6H,7H2,1H3,(H2,16,17). The average molecular weight is 267 g/mol. The predicted octanol–water partition coefficient (Wildman–Crippen LogP) is 3.34. The van der Waals surface area contributed by atoms with Crippen molar-refractivity contribution in [2.45, 2.75) is 13.5 Å². The molecule has 5 heteroatoms. The van der Waals surface area contributed by atoms with E-state index >= 15 is 0 Å². The van der Waals surface area contributed by atoms with Crippen LogP contribution in [0.3, 0.4) is 0 Å². The minimum Gasteiger partial charge on any atom is -0.485 e. The normalized spacial score (nSPS) is 10.4. The van der Waals surface area contributed by atoms with Gasteiger partial charge in [-0.15, -0.1) is 0 Å². The topological polar surface area (TPSA) is 48.1 Å². The molecular formula is C13H12ClFN2O. The number of hydrogen-bond acceptors (Lipinski definition) is 3. The third-order valence-electron chi connectivity index (χ3n) is 2.42. The summed E-state index contributed by atoms with van der Waals surface area (Å²) < 4.78 is 18.4. The monoisotopic (exact) mass is 266 g/mol. The highest BCUT2D eigenvalue weighted by molar-refractivity contribution is 6.31. The molecule has 0 unspecified atom stereocenters. The van der Waals surface area contributed by atoms with Gasteiger partial charge in [0.25, 0.3) is 0 Å². The zero-order chi connectivity index (χ0) is 13.1. The fraction of sp³-hybridized carbons (Fsp3) is 0.154. The minimum atomic E-state index is -0.375. The molecule has 0 bridgehead atoms. The summed E-state index contributed by atoms with van der Waals surface area (Å²) in [5.41, 5.74) is 7.23. The number of ether oxygens (including phenoxy) is 1. The summed E-state index contributed by atoms with van der Waals surface area (Å²) in [7, 11) is 0. The van der Waals surface area contributed by atoms with Crippen molar-refractivity contribution in [3.8, 4) is 5.75 Å². The maximum absolute atomic E-state index is 12.9. The Morgan fingerprint density at radius 1 is 1.33 bits per heavy atom. The van der Waals surface area contributed by atoms with E-state index in [1.54, 1.807) is 18.2 Å². The molecule has 94 valence electrons. The van der Waals surface area contributed by atoms with Crippen molar-refractivity contribution < 1.29 is 9.13 Å². The van der Waals surface area contributed by atoms with Crippen molar-refractivity contribution in [2.75, 3.05) is 5.73 Å². The lowest BCUT2D eigenvalue weighted by Crippen LogP contribution is -2.01. The maximum Gasteiger partial charge on any atom is 0.166 e. The summed E-state index contributed by atoms with van der Waals surface area (Å²) in [5.74, 6) is 0.439. The number of rotatable bonds is 3. The van der Waals surface area contributed by atoms with E-state index in [-0.39, 0.29) is 12.4 Å². The molecule has 0 aliphatic heterocycles. The van der Waals surface area contributed by atoms with E-state index in [2.05, 4.69) is 4.98 Å². The Hall–Kier alpha value is -1.81. The summed E-state index contributed by atoms with van der Waals surface area (Å²) in [4.78, 5) is 4.08. The van der Waals surface area contributed by atoms with Gasteiger partial charge in [0.15, 0.2) is 11.6 Å². The Kier molecular flexibility index (Phi) is 3.67. The summed E-state index contributed by atoms with van der Waals surface area (Å²) in [6, 6.07) is 7.71. The Balaban J connectivity index is 2.11. The molecule has 0 atom stereocenters. The lowest BCUT2D eigenvalue weighted by atomic mass is 10.2. The summed E-state index contributed by atoms with van der Waals surface area (Å²) in [6.45, 7) is 2.06. The highest BCUT2D eigenvalue weighted by Crippen LogP contribution is 2.23. The Morgan fingerprint density at radius 2 is 2.11 bits per heavy atom. The van der Waals surface area contributed by atoms with Crippen LogP contribution in [0.5, 0.6) is 5.75 Å². The second-order valence-corrected chi connectivity index (χ2v) is 4.27. The van der Waals surface area contributed by atoms with Gasteiger partial charge < -0.3 is 10.5 Å². The third-order valence-corrected chi connectivity index (χ3v) is 2.78. The van der Waals surface area contributed by atoms with Crippen LogP contribution in [0.15, 0.2) is 30.3 Å². The zero-order valence-electron chi connectivity index (χ0n) is 9.78. The van der Waals surface area contributed by atoms with Gasteiger partial charge in [0, 0.05) is 11.3 Å². The Bertz CT molecular complexity index is 523. The Morgan fingerprint density at radius 3 is 2.78 bits per heavy atom. The molecule has 0 saturated heterocycles. The second-order valence-electron chi connectivity index (χ2n) is 3.86. The first-order chi connectivity index (χ1) is 8.56. The van der Waals surface area contributed by atoms with Crippen LogP contribution in [0.1, 0.15) is 11.3 Å². The number of halogens is 2. The second kappa shape index (κ2) is 5.23. The molecule has 1 heterocycles. The van der Waals surface area contributed by atoms with Crippen molar-refractivity contribution >= 4 is 17.4 Å². The molecule has 0 aliphatic rings.